The summed E-state index contributed by atoms with van der Waals surface area (Å²) < 4.78 is 5.06. The first-order valence-electron chi connectivity index (χ1n) is 8.32. The number of carbonyl (C=O) groups excluding carboxylic acids is 1. The molecule has 124 valence electrons. The monoisotopic (exact) mass is 324 g/mol. The van der Waals surface area contributed by atoms with Crippen molar-refractivity contribution in [1.29, 1.82) is 5.26 Å². The van der Waals surface area contributed by atoms with E-state index in [9.17, 15) is 10.1 Å². The van der Waals surface area contributed by atoms with Crippen molar-refractivity contribution in [2.45, 2.75) is 32.1 Å². The van der Waals surface area contributed by atoms with Crippen LogP contribution in [0.25, 0.3) is 11.0 Å². The summed E-state index contributed by atoms with van der Waals surface area (Å²) in [6.45, 7) is 3.68. The Hall–Kier alpha value is -2.68. The number of para-hydroxylation sites is 2. The summed E-state index contributed by atoms with van der Waals surface area (Å²) in [5.41, 5.74) is 1.84. The van der Waals surface area contributed by atoms with Gasteiger partial charge in [-0.1, -0.05) is 12.1 Å². The highest BCUT2D eigenvalue weighted by molar-refractivity contribution is 5.85. The molecule has 0 bridgehead atoms. The van der Waals surface area contributed by atoms with Crippen molar-refractivity contribution in [3.63, 3.8) is 0 Å². The zero-order valence-corrected chi connectivity index (χ0v) is 13.7. The molecule has 0 spiro atoms. The Morgan fingerprint density at radius 1 is 1.25 bits per heavy atom. The highest BCUT2D eigenvalue weighted by Crippen LogP contribution is 2.29. The van der Waals surface area contributed by atoms with Crippen LogP contribution in [-0.4, -0.2) is 35.6 Å². The van der Waals surface area contributed by atoms with Crippen molar-refractivity contribution in [3.8, 4) is 6.07 Å². The van der Waals surface area contributed by atoms with E-state index in [2.05, 4.69) is 9.88 Å². The summed E-state index contributed by atoms with van der Waals surface area (Å²) >= 11 is 0. The molecule has 1 fully saturated rings. The predicted octanol–water partition coefficient (Wildman–Crippen LogP) is 2.79. The Morgan fingerprint density at radius 3 is 2.54 bits per heavy atom. The number of hydrogen-bond donors (Lipinski definition) is 0. The van der Waals surface area contributed by atoms with Crippen LogP contribution in [0.5, 0.6) is 0 Å². The molecule has 2 aromatic rings. The topological polar surface area (TPSA) is 79.1 Å². The summed E-state index contributed by atoms with van der Waals surface area (Å²) in [6.07, 6.45) is 3.33. The van der Waals surface area contributed by atoms with E-state index < -0.39 is 11.9 Å². The third-order valence-electron chi connectivity index (χ3n) is 4.16. The number of anilines is 1. The average molecular weight is 324 g/mol. The molecule has 6 nitrogen and oxygen atoms in total. The molecule has 1 atom stereocenters. The van der Waals surface area contributed by atoms with Gasteiger partial charge in [-0.15, -0.1) is 0 Å². The van der Waals surface area contributed by atoms with Crippen LogP contribution in [0.15, 0.2) is 24.3 Å². The first-order chi connectivity index (χ1) is 11.7. The standard InChI is InChI=1S/C18H20N4O2/c1-2-24-18(23)13(12-19)16-17(22-10-6-3-7-11-22)21-15-9-5-4-8-14(15)20-16/h4-5,8-9,13H,2-3,6-7,10-11H2,1H3. The number of aromatic nitrogens is 2. The normalized spacial score (nSPS) is 15.8. The minimum Gasteiger partial charge on any atom is -0.465 e. The van der Waals surface area contributed by atoms with Crippen molar-refractivity contribution in [2.24, 2.45) is 0 Å². The van der Waals surface area contributed by atoms with Crippen LogP contribution in [0.1, 0.15) is 37.8 Å². The predicted molar refractivity (Wildman–Crippen MR) is 90.6 cm³/mol. The molecule has 0 saturated carbocycles. The Bertz CT molecular complexity index is 778. The molecule has 0 amide bonds. The lowest BCUT2D eigenvalue weighted by Gasteiger charge is -2.29. The van der Waals surface area contributed by atoms with E-state index >= 15 is 0 Å². The van der Waals surface area contributed by atoms with Gasteiger partial charge in [0.1, 0.15) is 5.69 Å². The Morgan fingerprint density at radius 2 is 1.92 bits per heavy atom. The molecule has 1 aliphatic rings. The summed E-state index contributed by atoms with van der Waals surface area (Å²) in [7, 11) is 0. The van der Waals surface area contributed by atoms with Crippen LogP contribution < -0.4 is 4.90 Å². The van der Waals surface area contributed by atoms with Crippen LogP contribution in [0, 0.1) is 11.3 Å². The second-order valence-electron chi connectivity index (χ2n) is 5.78. The molecule has 6 heteroatoms. The largest absolute Gasteiger partial charge is 0.465 e. The van der Waals surface area contributed by atoms with Crippen LogP contribution in [0.4, 0.5) is 5.82 Å². The molecule has 1 unspecified atom stereocenters. The number of fused-ring (bicyclic) bond motifs is 1. The molecule has 0 aliphatic carbocycles. The zero-order chi connectivity index (χ0) is 16.9. The van der Waals surface area contributed by atoms with E-state index in [1.807, 2.05) is 30.3 Å². The number of hydrogen-bond acceptors (Lipinski definition) is 6. The van der Waals surface area contributed by atoms with Gasteiger partial charge in [-0.2, -0.15) is 5.26 Å². The second-order valence-corrected chi connectivity index (χ2v) is 5.78. The molecule has 1 aliphatic heterocycles. The molecule has 0 radical (unpaired) electrons. The van der Waals surface area contributed by atoms with Gasteiger partial charge in [0.2, 0.25) is 0 Å². The minimum atomic E-state index is -1.06. The van der Waals surface area contributed by atoms with Crippen LogP contribution in [0.3, 0.4) is 0 Å². The Labute approximate surface area is 141 Å². The number of piperidine rings is 1. The van der Waals surface area contributed by atoms with Crippen molar-refractivity contribution >= 4 is 22.8 Å². The SMILES string of the molecule is CCOC(=O)C(C#N)c1nc2ccccc2nc1N1CCCCC1. The first-order valence-corrected chi connectivity index (χ1v) is 8.32. The van der Waals surface area contributed by atoms with E-state index in [1.54, 1.807) is 6.92 Å². The van der Waals surface area contributed by atoms with E-state index in [0.717, 1.165) is 31.4 Å². The third-order valence-corrected chi connectivity index (χ3v) is 4.16. The molecule has 1 aromatic heterocycles. The zero-order valence-electron chi connectivity index (χ0n) is 13.7. The van der Waals surface area contributed by atoms with Crippen LogP contribution in [0.2, 0.25) is 0 Å². The third kappa shape index (κ3) is 3.16. The maximum atomic E-state index is 12.2. The Kier molecular flexibility index (Phi) is 4.90. The molecule has 24 heavy (non-hydrogen) atoms. The first kappa shape index (κ1) is 16.2. The molecule has 1 aromatic carbocycles. The highest BCUT2D eigenvalue weighted by Gasteiger charge is 2.30. The smallest absolute Gasteiger partial charge is 0.329 e. The average Bonchev–Trinajstić information content (AvgIpc) is 2.63. The van der Waals surface area contributed by atoms with E-state index in [4.69, 9.17) is 9.72 Å². The van der Waals surface area contributed by atoms with Gasteiger partial charge < -0.3 is 9.64 Å². The van der Waals surface area contributed by atoms with Crippen LogP contribution >= 0.6 is 0 Å². The van der Waals surface area contributed by atoms with Gasteiger partial charge >= 0.3 is 5.97 Å². The quantitative estimate of drug-likeness (QED) is 0.805. The van der Waals surface area contributed by atoms with Crippen molar-refractivity contribution in [3.05, 3.63) is 30.0 Å². The number of benzene rings is 1. The fourth-order valence-electron chi connectivity index (χ4n) is 2.99. The number of rotatable bonds is 4. The van der Waals surface area contributed by atoms with E-state index in [1.165, 1.54) is 6.42 Å². The van der Waals surface area contributed by atoms with Gasteiger partial charge in [0.05, 0.1) is 23.7 Å². The summed E-state index contributed by atoms with van der Waals surface area (Å²) in [5.74, 6) is -0.991. The van der Waals surface area contributed by atoms with E-state index in [0.29, 0.717) is 17.0 Å². The maximum Gasteiger partial charge on any atom is 0.329 e. The summed E-state index contributed by atoms with van der Waals surface area (Å²) in [5, 5.41) is 9.53. The number of ether oxygens (including phenoxy) is 1. The fraction of sp³-hybridized carbons (Fsp3) is 0.444. The van der Waals surface area contributed by atoms with Crippen molar-refractivity contribution in [2.75, 3.05) is 24.6 Å². The summed E-state index contributed by atoms with van der Waals surface area (Å²) in [6, 6.07) is 9.55. The molecule has 3 rings (SSSR count). The molecule has 2 heterocycles. The van der Waals surface area contributed by atoms with Gasteiger partial charge in [-0.05, 0) is 38.3 Å². The fourth-order valence-corrected chi connectivity index (χ4v) is 2.99. The molecule has 0 N–H and O–H groups in total. The number of carbonyl (C=O) groups is 1. The lowest BCUT2D eigenvalue weighted by atomic mass is 10.0. The number of esters is 1. The Balaban J connectivity index is 2.12. The van der Waals surface area contributed by atoms with Gasteiger partial charge in [0, 0.05) is 13.1 Å². The van der Waals surface area contributed by atoms with E-state index in [-0.39, 0.29) is 6.61 Å². The lowest BCUT2D eigenvalue weighted by Crippen LogP contribution is -2.32. The molecular formula is C18H20N4O2. The van der Waals surface area contributed by atoms with Gasteiger partial charge in [0.15, 0.2) is 11.7 Å². The molecule has 1 saturated heterocycles. The number of nitrogens with zero attached hydrogens (tertiary/aromatic N) is 4. The van der Waals surface area contributed by atoms with Crippen molar-refractivity contribution < 1.29 is 9.53 Å². The van der Waals surface area contributed by atoms with Gasteiger partial charge in [-0.25, -0.2) is 9.97 Å². The minimum absolute atomic E-state index is 0.233. The second kappa shape index (κ2) is 7.26. The van der Waals surface area contributed by atoms with Gasteiger partial charge in [0.25, 0.3) is 0 Å². The highest BCUT2D eigenvalue weighted by atomic mass is 16.5. The number of nitriles is 1. The van der Waals surface area contributed by atoms with Gasteiger partial charge in [-0.3, -0.25) is 4.79 Å². The maximum absolute atomic E-state index is 12.2. The van der Waals surface area contributed by atoms with Crippen molar-refractivity contribution in [1.82, 2.24) is 9.97 Å². The van der Waals surface area contributed by atoms with Crippen LogP contribution in [-0.2, 0) is 9.53 Å². The summed E-state index contributed by atoms with van der Waals surface area (Å²) in [4.78, 5) is 23.7. The lowest BCUT2D eigenvalue weighted by molar-refractivity contribution is -0.143. The molecular weight excluding hydrogens is 304 g/mol.